The Bertz CT molecular complexity index is 920. The molecule has 0 radical (unpaired) electrons. The largest absolute Gasteiger partial charge is 0.494 e. The zero-order chi connectivity index (χ0) is 21.1. The van der Waals surface area contributed by atoms with Crippen LogP contribution in [0.4, 0.5) is 0 Å². The van der Waals surface area contributed by atoms with Gasteiger partial charge in [-0.15, -0.1) is 0 Å². The van der Waals surface area contributed by atoms with Crippen LogP contribution in [0, 0.1) is 17.3 Å². The molecule has 0 spiro atoms. The average molecular weight is 407 g/mol. The van der Waals surface area contributed by atoms with Gasteiger partial charge in [-0.1, -0.05) is 24.6 Å². The molecule has 1 aromatic rings. The fraction of sp³-hybridized carbons (Fsp3) is 0.593. The van der Waals surface area contributed by atoms with Gasteiger partial charge in [-0.2, -0.15) is 0 Å². The summed E-state index contributed by atoms with van der Waals surface area (Å²) in [6.45, 7) is 7.08. The first-order valence-electron chi connectivity index (χ1n) is 11.8. The first-order chi connectivity index (χ1) is 14.3. The second-order valence-corrected chi connectivity index (χ2v) is 10.3. The summed E-state index contributed by atoms with van der Waals surface area (Å²) >= 11 is 0. The molecule has 4 aliphatic rings. The Morgan fingerprint density at radius 3 is 2.60 bits per heavy atom. The van der Waals surface area contributed by atoms with Crippen molar-refractivity contribution in [3.63, 3.8) is 0 Å². The molecule has 1 N–H and O–H groups in total. The lowest BCUT2D eigenvalue weighted by atomic mass is 9.51. The van der Waals surface area contributed by atoms with E-state index in [4.69, 9.17) is 4.74 Å². The van der Waals surface area contributed by atoms with Gasteiger partial charge < -0.3 is 9.84 Å². The number of carbonyl (C=O) groups is 1. The molecule has 3 nitrogen and oxygen atoms in total. The Morgan fingerprint density at radius 1 is 1.10 bits per heavy atom. The molecule has 4 aliphatic carbocycles. The molecule has 0 heterocycles. The number of aliphatic hydroxyl groups is 1. The summed E-state index contributed by atoms with van der Waals surface area (Å²) in [6, 6.07) is 8.62. The fourth-order valence-electron chi connectivity index (χ4n) is 7.14. The van der Waals surface area contributed by atoms with Gasteiger partial charge in [0, 0.05) is 17.8 Å². The summed E-state index contributed by atoms with van der Waals surface area (Å²) in [5, 5.41) is 11.4. The zero-order valence-electron chi connectivity index (χ0n) is 18.5. The standard InChI is InChI=1S/C27H34O3/c1-4-30-20-9-5-17(6-10-20)23-16-26(2)24(13-14-27(26,3)29)22-11-7-18-15-19(28)8-12-21(18)25(22)23/h5-6,9-10,15,22-24,29H,4,7-8,11-14,16H2,1-3H3/t22?,23-,24?,26+,27?/m1/s1. The van der Waals surface area contributed by atoms with Crippen molar-refractivity contribution in [2.75, 3.05) is 6.61 Å². The lowest BCUT2D eigenvalue weighted by Gasteiger charge is -2.54. The van der Waals surface area contributed by atoms with E-state index >= 15 is 0 Å². The maximum atomic E-state index is 12.1. The van der Waals surface area contributed by atoms with Gasteiger partial charge in [0.25, 0.3) is 0 Å². The van der Waals surface area contributed by atoms with E-state index < -0.39 is 5.60 Å². The molecule has 2 saturated carbocycles. The molecule has 3 heteroatoms. The zero-order valence-corrected chi connectivity index (χ0v) is 18.5. The first-order valence-corrected chi connectivity index (χ1v) is 11.8. The highest BCUT2D eigenvalue weighted by molar-refractivity contribution is 5.93. The van der Waals surface area contributed by atoms with E-state index in [-0.39, 0.29) is 11.2 Å². The molecular formula is C27H34O3. The number of ketones is 1. The summed E-state index contributed by atoms with van der Waals surface area (Å²) < 4.78 is 5.68. The van der Waals surface area contributed by atoms with E-state index in [1.165, 1.54) is 16.7 Å². The lowest BCUT2D eigenvalue weighted by molar-refractivity contribution is -0.114. The fourth-order valence-corrected chi connectivity index (χ4v) is 7.14. The molecule has 0 aromatic heterocycles. The minimum absolute atomic E-state index is 0.0727. The van der Waals surface area contributed by atoms with Gasteiger partial charge in [0.2, 0.25) is 0 Å². The van der Waals surface area contributed by atoms with Gasteiger partial charge in [0.1, 0.15) is 5.75 Å². The normalized spacial score (nSPS) is 37.9. The molecule has 5 atom stereocenters. The van der Waals surface area contributed by atoms with Crippen LogP contribution < -0.4 is 4.74 Å². The number of ether oxygens (including phenoxy) is 1. The molecule has 5 rings (SSSR count). The Hall–Kier alpha value is -1.87. The van der Waals surface area contributed by atoms with Gasteiger partial charge in [-0.25, -0.2) is 0 Å². The van der Waals surface area contributed by atoms with Crippen molar-refractivity contribution in [1.29, 1.82) is 0 Å². The SMILES string of the molecule is CCOc1ccc([C@H]2C[C@@]3(C)C(CCC3(C)O)C3CCC4=CC(=O)CCC4=C32)cc1. The summed E-state index contributed by atoms with van der Waals surface area (Å²) in [7, 11) is 0. The maximum Gasteiger partial charge on any atom is 0.156 e. The second-order valence-electron chi connectivity index (χ2n) is 10.3. The van der Waals surface area contributed by atoms with E-state index in [0.717, 1.165) is 44.3 Å². The molecule has 3 unspecified atom stereocenters. The molecule has 1 aromatic carbocycles. The smallest absolute Gasteiger partial charge is 0.156 e. The Labute approximate surface area is 180 Å². The van der Waals surface area contributed by atoms with Crippen LogP contribution in [0.5, 0.6) is 5.75 Å². The summed E-state index contributed by atoms with van der Waals surface area (Å²) in [5.41, 5.74) is 4.99. The number of hydrogen-bond acceptors (Lipinski definition) is 3. The molecule has 2 fully saturated rings. The average Bonchev–Trinajstić information content (AvgIpc) is 2.97. The topological polar surface area (TPSA) is 46.5 Å². The predicted octanol–water partition coefficient (Wildman–Crippen LogP) is 5.74. The second kappa shape index (κ2) is 7.09. The number of benzene rings is 1. The van der Waals surface area contributed by atoms with Crippen molar-refractivity contribution in [3.8, 4) is 5.75 Å². The predicted molar refractivity (Wildman–Crippen MR) is 118 cm³/mol. The Balaban J connectivity index is 1.64. The van der Waals surface area contributed by atoms with Crippen LogP contribution in [0.3, 0.4) is 0 Å². The molecular weight excluding hydrogens is 372 g/mol. The third kappa shape index (κ3) is 2.92. The molecule has 0 aliphatic heterocycles. The van der Waals surface area contributed by atoms with Gasteiger partial charge >= 0.3 is 0 Å². The highest BCUT2D eigenvalue weighted by Crippen LogP contribution is 2.66. The van der Waals surface area contributed by atoms with Gasteiger partial charge in [-0.05, 0) is 99.1 Å². The van der Waals surface area contributed by atoms with Crippen molar-refractivity contribution >= 4 is 5.78 Å². The minimum atomic E-state index is -0.615. The van der Waals surface area contributed by atoms with Crippen molar-refractivity contribution in [3.05, 3.63) is 52.6 Å². The quantitative estimate of drug-likeness (QED) is 0.697. The van der Waals surface area contributed by atoms with Crippen LogP contribution in [0.25, 0.3) is 0 Å². The number of fused-ring (bicyclic) bond motifs is 4. The number of carbonyl (C=O) groups excluding carboxylic acids is 1. The summed E-state index contributed by atoms with van der Waals surface area (Å²) in [5.74, 6) is 2.57. The van der Waals surface area contributed by atoms with Crippen LogP contribution in [0.2, 0.25) is 0 Å². The molecule has 0 saturated heterocycles. The van der Waals surface area contributed by atoms with E-state index in [2.05, 4.69) is 38.1 Å². The van der Waals surface area contributed by atoms with Crippen molar-refractivity contribution < 1.29 is 14.6 Å². The molecule has 0 amide bonds. The van der Waals surface area contributed by atoms with E-state index in [0.29, 0.717) is 30.8 Å². The first kappa shape index (κ1) is 20.1. The summed E-state index contributed by atoms with van der Waals surface area (Å²) in [6.07, 6.45) is 8.57. The monoisotopic (exact) mass is 406 g/mol. The van der Waals surface area contributed by atoms with Crippen molar-refractivity contribution in [2.24, 2.45) is 17.3 Å². The number of allylic oxidation sites excluding steroid dienone is 4. The number of rotatable bonds is 3. The maximum absolute atomic E-state index is 12.1. The van der Waals surface area contributed by atoms with Gasteiger partial charge in [0.15, 0.2) is 5.78 Å². The van der Waals surface area contributed by atoms with E-state index in [1.54, 1.807) is 5.57 Å². The van der Waals surface area contributed by atoms with Gasteiger partial charge in [-0.3, -0.25) is 4.79 Å². The molecule has 0 bridgehead atoms. The van der Waals surface area contributed by atoms with Crippen molar-refractivity contribution in [1.82, 2.24) is 0 Å². The molecule has 160 valence electrons. The third-order valence-electron chi connectivity index (χ3n) is 8.89. The Kier molecular flexibility index (Phi) is 4.74. The van der Waals surface area contributed by atoms with E-state index in [1.807, 2.05) is 13.0 Å². The Morgan fingerprint density at radius 2 is 1.87 bits per heavy atom. The van der Waals surface area contributed by atoms with Crippen LogP contribution in [0.1, 0.15) is 77.2 Å². The van der Waals surface area contributed by atoms with Gasteiger partial charge in [0.05, 0.1) is 12.2 Å². The lowest BCUT2D eigenvalue weighted by Crippen LogP contribution is -2.50. The third-order valence-corrected chi connectivity index (χ3v) is 8.89. The van der Waals surface area contributed by atoms with E-state index in [9.17, 15) is 9.90 Å². The van der Waals surface area contributed by atoms with Crippen LogP contribution in [-0.4, -0.2) is 23.1 Å². The van der Waals surface area contributed by atoms with Crippen LogP contribution >= 0.6 is 0 Å². The van der Waals surface area contributed by atoms with Crippen LogP contribution in [0.15, 0.2) is 47.1 Å². The highest BCUT2D eigenvalue weighted by Gasteiger charge is 2.60. The summed E-state index contributed by atoms with van der Waals surface area (Å²) in [4.78, 5) is 12.1. The number of hydrogen-bond donors (Lipinski definition) is 1. The molecule has 30 heavy (non-hydrogen) atoms. The highest BCUT2D eigenvalue weighted by atomic mass is 16.5. The minimum Gasteiger partial charge on any atom is -0.494 e. The van der Waals surface area contributed by atoms with Crippen molar-refractivity contribution in [2.45, 2.75) is 77.2 Å². The van der Waals surface area contributed by atoms with Crippen LogP contribution in [-0.2, 0) is 4.79 Å².